The SMILES string of the molecule is CC1CC1C(=O)c1ccc2c(c1)NC(=O)CO2. The Morgan fingerprint density at radius 1 is 1.47 bits per heavy atom. The van der Waals surface area contributed by atoms with Gasteiger partial charge in [-0.05, 0) is 30.5 Å². The molecule has 1 heterocycles. The minimum absolute atomic E-state index is 0.0416. The van der Waals surface area contributed by atoms with Crippen LogP contribution in [0.4, 0.5) is 5.69 Å². The smallest absolute Gasteiger partial charge is 0.262 e. The van der Waals surface area contributed by atoms with E-state index < -0.39 is 0 Å². The first kappa shape index (κ1) is 10.3. The lowest BCUT2D eigenvalue weighted by Crippen LogP contribution is -2.25. The molecule has 4 nitrogen and oxygen atoms in total. The summed E-state index contributed by atoms with van der Waals surface area (Å²) in [6.07, 6.45) is 0.971. The fourth-order valence-electron chi connectivity index (χ4n) is 2.14. The highest BCUT2D eigenvalue weighted by Crippen LogP contribution is 2.41. The monoisotopic (exact) mass is 231 g/mol. The summed E-state index contributed by atoms with van der Waals surface area (Å²) in [6, 6.07) is 5.22. The molecule has 2 aliphatic rings. The van der Waals surface area contributed by atoms with E-state index in [0.717, 1.165) is 6.42 Å². The second-order valence-corrected chi connectivity index (χ2v) is 4.73. The van der Waals surface area contributed by atoms with Crippen LogP contribution in [0, 0.1) is 11.8 Å². The van der Waals surface area contributed by atoms with Gasteiger partial charge in [0.25, 0.3) is 5.91 Å². The maximum atomic E-state index is 12.0. The van der Waals surface area contributed by atoms with E-state index in [4.69, 9.17) is 4.74 Å². The normalized spacial score (nSPS) is 25.6. The van der Waals surface area contributed by atoms with Crippen molar-refractivity contribution in [3.8, 4) is 5.75 Å². The number of amides is 1. The number of hydrogen-bond acceptors (Lipinski definition) is 3. The van der Waals surface area contributed by atoms with E-state index in [1.807, 2.05) is 0 Å². The summed E-state index contributed by atoms with van der Waals surface area (Å²) >= 11 is 0. The lowest BCUT2D eigenvalue weighted by atomic mass is 10.0. The number of hydrogen-bond donors (Lipinski definition) is 1. The van der Waals surface area contributed by atoms with Crippen LogP contribution in [-0.4, -0.2) is 18.3 Å². The Morgan fingerprint density at radius 2 is 2.24 bits per heavy atom. The molecule has 1 aliphatic heterocycles. The maximum Gasteiger partial charge on any atom is 0.262 e. The molecule has 0 saturated heterocycles. The Balaban J connectivity index is 1.89. The number of ether oxygens (including phenoxy) is 1. The van der Waals surface area contributed by atoms with Crippen LogP contribution in [0.2, 0.25) is 0 Å². The van der Waals surface area contributed by atoms with Crippen molar-refractivity contribution < 1.29 is 14.3 Å². The number of carbonyl (C=O) groups excluding carboxylic acids is 2. The molecule has 3 rings (SSSR count). The fourth-order valence-corrected chi connectivity index (χ4v) is 2.14. The molecule has 0 aromatic heterocycles. The molecule has 1 aromatic carbocycles. The van der Waals surface area contributed by atoms with Crippen LogP contribution >= 0.6 is 0 Å². The number of fused-ring (bicyclic) bond motifs is 1. The van der Waals surface area contributed by atoms with Crippen molar-refractivity contribution in [2.24, 2.45) is 11.8 Å². The van der Waals surface area contributed by atoms with E-state index >= 15 is 0 Å². The highest BCUT2D eigenvalue weighted by molar-refractivity contribution is 6.02. The van der Waals surface area contributed by atoms with E-state index in [9.17, 15) is 9.59 Å². The van der Waals surface area contributed by atoms with E-state index in [2.05, 4.69) is 12.2 Å². The molecule has 0 spiro atoms. The third kappa shape index (κ3) is 1.79. The van der Waals surface area contributed by atoms with Crippen molar-refractivity contribution in [1.29, 1.82) is 0 Å². The molecule has 88 valence electrons. The molecular formula is C13H13NO3. The van der Waals surface area contributed by atoms with Crippen LogP contribution in [0.1, 0.15) is 23.7 Å². The highest BCUT2D eigenvalue weighted by atomic mass is 16.5. The van der Waals surface area contributed by atoms with E-state index in [1.54, 1.807) is 18.2 Å². The minimum Gasteiger partial charge on any atom is -0.482 e. The van der Waals surface area contributed by atoms with Gasteiger partial charge >= 0.3 is 0 Å². The van der Waals surface area contributed by atoms with Crippen LogP contribution in [0.15, 0.2) is 18.2 Å². The summed E-state index contributed by atoms with van der Waals surface area (Å²) in [6.45, 7) is 2.12. The number of benzene rings is 1. The number of carbonyl (C=O) groups is 2. The van der Waals surface area contributed by atoms with Crippen LogP contribution in [0.5, 0.6) is 5.75 Å². The predicted octanol–water partition coefficient (Wildman–Crippen LogP) is 1.86. The maximum absolute atomic E-state index is 12.0. The lowest BCUT2D eigenvalue weighted by molar-refractivity contribution is -0.118. The molecule has 0 bridgehead atoms. The molecule has 1 aromatic rings. The second kappa shape index (κ2) is 3.58. The van der Waals surface area contributed by atoms with Gasteiger partial charge in [-0.15, -0.1) is 0 Å². The zero-order valence-corrected chi connectivity index (χ0v) is 9.53. The van der Waals surface area contributed by atoms with Gasteiger partial charge in [-0.3, -0.25) is 9.59 Å². The molecule has 0 radical (unpaired) electrons. The Morgan fingerprint density at radius 3 is 2.94 bits per heavy atom. The van der Waals surface area contributed by atoms with Crippen molar-refractivity contribution in [1.82, 2.24) is 0 Å². The van der Waals surface area contributed by atoms with Gasteiger partial charge in [-0.2, -0.15) is 0 Å². The summed E-state index contributed by atoms with van der Waals surface area (Å²) in [5.74, 6) is 1.27. The predicted molar refractivity (Wildman–Crippen MR) is 62.2 cm³/mol. The molecule has 17 heavy (non-hydrogen) atoms. The second-order valence-electron chi connectivity index (χ2n) is 4.73. The van der Waals surface area contributed by atoms with Gasteiger partial charge in [0.05, 0.1) is 5.69 Å². The molecule has 1 fully saturated rings. The third-order valence-electron chi connectivity index (χ3n) is 3.34. The van der Waals surface area contributed by atoms with Gasteiger partial charge in [0, 0.05) is 11.5 Å². The molecule has 4 heteroatoms. The zero-order valence-electron chi connectivity index (χ0n) is 9.53. The molecule has 1 aliphatic carbocycles. The van der Waals surface area contributed by atoms with E-state index in [0.29, 0.717) is 22.9 Å². The first-order valence-corrected chi connectivity index (χ1v) is 5.76. The Hall–Kier alpha value is -1.84. The first-order chi connectivity index (χ1) is 8.15. The lowest BCUT2D eigenvalue weighted by Gasteiger charge is -2.18. The van der Waals surface area contributed by atoms with Gasteiger partial charge in [0.1, 0.15) is 5.75 Å². The fraction of sp³-hybridized carbons (Fsp3) is 0.385. The van der Waals surface area contributed by atoms with Crippen molar-refractivity contribution >= 4 is 17.4 Å². The molecular weight excluding hydrogens is 218 g/mol. The number of anilines is 1. The third-order valence-corrected chi connectivity index (χ3v) is 3.34. The Kier molecular flexibility index (Phi) is 2.18. The highest BCUT2D eigenvalue weighted by Gasteiger charge is 2.39. The van der Waals surface area contributed by atoms with Crippen molar-refractivity contribution in [3.05, 3.63) is 23.8 Å². The summed E-state index contributed by atoms with van der Waals surface area (Å²) in [4.78, 5) is 23.2. The minimum atomic E-state index is -0.179. The van der Waals surface area contributed by atoms with Crippen LogP contribution in [-0.2, 0) is 4.79 Å². The van der Waals surface area contributed by atoms with Gasteiger partial charge < -0.3 is 10.1 Å². The number of rotatable bonds is 2. The largest absolute Gasteiger partial charge is 0.482 e. The molecule has 2 unspecified atom stereocenters. The van der Waals surface area contributed by atoms with Gasteiger partial charge in [0.2, 0.25) is 0 Å². The Bertz CT molecular complexity index is 509. The van der Waals surface area contributed by atoms with E-state index in [1.165, 1.54) is 0 Å². The summed E-state index contributed by atoms with van der Waals surface area (Å²) in [7, 11) is 0. The van der Waals surface area contributed by atoms with Crippen LogP contribution < -0.4 is 10.1 Å². The summed E-state index contributed by atoms with van der Waals surface area (Å²) in [5, 5.41) is 2.71. The Labute approximate surface area is 99.0 Å². The van der Waals surface area contributed by atoms with Gasteiger partial charge in [-0.1, -0.05) is 6.92 Å². The average Bonchev–Trinajstić information content (AvgIpc) is 3.04. The molecule has 1 saturated carbocycles. The van der Waals surface area contributed by atoms with Gasteiger partial charge in [-0.25, -0.2) is 0 Å². The zero-order chi connectivity index (χ0) is 12.0. The van der Waals surface area contributed by atoms with Crippen molar-refractivity contribution in [2.45, 2.75) is 13.3 Å². The van der Waals surface area contributed by atoms with Crippen LogP contribution in [0.3, 0.4) is 0 Å². The van der Waals surface area contributed by atoms with E-state index in [-0.39, 0.29) is 24.2 Å². The summed E-state index contributed by atoms with van der Waals surface area (Å²) < 4.78 is 5.24. The van der Waals surface area contributed by atoms with Crippen molar-refractivity contribution in [3.63, 3.8) is 0 Å². The number of ketones is 1. The first-order valence-electron chi connectivity index (χ1n) is 5.76. The standard InChI is InChI=1S/C13H13NO3/c1-7-4-9(7)13(16)8-2-3-11-10(5-8)14-12(15)6-17-11/h2-3,5,7,9H,4,6H2,1H3,(H,14,15). The van der Waals surface area contributed by atoms with Gasteiger partial charge in [0.15, 0.2) is 12.4 Å². The molecule has 1 amide bonds. The molecule has 2 atom stereocenters. The van der Waals surface area contributed by atoms with Crippen LogP contribution in [0.25, 0.3) is 0 Å². The van der Waals surface area contributed by atoms with Crippen molar-refractivity contribution in [2.75, 3.05) is 11.9 Å². The topological polar surface area (TPSA) is 55.4 Å². The quantitative estimate of drug-likeness (QED) is 0.790. The average molecular weight is 231 g/mol. The number of nitrogens with one attached hydrogen (secondary N) is 1. The summed E-state index contributed by atoms with van der Waals surface area (Å²) in [5.41, 5.74) is 1.25. The molecule has 1 N–H and O–H groups in total. The number of Topliss-reactive ketones (excluding diaryl/α,β-unsaturated/α-hetero) is 1.